The van der Waals surface area contributed by atoms with Gasteiger partial charge < -0.3 is 19.3 Å². The summed E-state index contributed by atoms with van der Waals surface area (Å²) in [4.78, 5) is 25.4. The first kappa shape index (κ1) is 44.0. The van der Waals surface area contributed by atoms with Crippen LogP contribution in [0.15, 0.2) is 195 Å². The van der Waals surface area contributed by atoms with E-state index in [4.69, 9.17) is 29.4 Å². The van der Waals surface area contributed by atoms with Crippen LogP contribution in [0.4, 0.5) is 34.1 Å². The Morgan fingerprint density at radius 1 is 0.444 bits per heavy atom. The minimum Gasteiger partial charge on any atom is -0.458 e. The molecule has 1 aliphatic carbocycles. The van der Waals surface area contributed by atoms with Gasteiger partial charge in [-0.1, -0.05) is 100 Å². The van der Waals surface area contributed by atoms with Crippen LogP contribution in [-0.2, 0) is 10.8 Å². The molecule has 14 aromatic rings. The van der Waals surface area contributed by atoms with Gasteiger partial charge in [0.25, 0.3) is 13.4 Å². The molecule has 0 saturated carbocycles. The molecule has 19 rings (SSSR count). The molecule has 12 heteroatoms. The summed E-state index contributed by atoms with van der Waals surface area (Å²) in [6.07, 6.45) is 8.56. The van der Waals surface area contributed by atoms with Crippen LogP contribution in [0.3, 0.4) is 0 Å². The summed E-state index contributed by atoms with van der Waals surface area (Å²) < 4.78 is 19.7. The molecule has 0 atom stereocenters. The fourth-order valence-corrected chi connectivity index (χ4v) is 15.9. The molecule has 0 unspecified atom stereocenters. The molecule has 7 aromatic carbocycles. The molecule has 0 amide bonds. The SMILES string of the molecule is CC1(C)CC(C)(C)c2cc3c(cc21)Oc1c2c(cc4c1c1cccnc1n4-c1ccccn1)N(c1ccccc1)c1cc4c(cc1B32)B1c2ccccc2Oc2c1c(c1c3cccnc3n3c5ncccc5c2c13)N4c1ccccc1. The van der Waals surface area contributed by atoms with E-state index in [1.807, 2.05) is 49.1 Å². The van der Waals surface area contributed by atoms with Gasteiger partial charge in [0, 0.05) is 74.8 Å². The molecule has 0 N–H and O–H groups in total. The fraction of sp³-hybridized carbons (Fsp3) is 0.101. The predicted octanol–water partition coefficient (Wildman–Crippen LogP) is 12.3. The third-order valence-corrected chi connectivity index (χ3v) is 18.7. The molecule has 0 radical (unpaired) electrons. The third-order valence-electron chi connectivity index (χ3n) is 18.7. The largest absolute Gasteiger partial charge is 0.458 e. The van der Waals surface area contributed by atoms with Crippen molar-refractivity contribution in [1.29, 1.82) is 0 Å². The molecule has 11 heterocycles. The third kappa shape index (κ3) is 5.45. The Labute approximate surface area is 466 Å². The van der Waals surface area contributed by atoms with E-state index in [1.54, 1.807) is 0 Å². The van der Waals surface area contributed by atoms with Gasteiger partial charge in [-0.2, -0.15) is 0 Å². The molecule has 5 aliphatic rings. The van der Waals surface area contributed by atoms with Gasteiger partial charge in [0.2, 0.25) is 0 Å². The Bertz CT molecular complexity index is 5140. The molecule has 0 spiro atoms. The van der Waals surface area contributed by atoms with E-state index >= 15 is 0 Å². The normalized spacial score (nSPS) is 15.7. The number of fused-ring (bicyclic) bond motifs is 21. The summed E-state index contributed by atoms with van der Waals surface area (Å²) in [5.41, 5.74) is 20.6. The Hall–Kier alpha value is -9.93. The Kier molecular flexibility index (Phi) is 8.17. The maximum Gasteiger partial charge on any atom is 0.256 e. The second-order valence-electron chi connectivity index (χ2n) is 24.0. The zero-order valence-corrected chi connectivity index (χ0v) is 44.7. The number of rotatable bonds is 3. The van der Waals surface area contributed by atoms with Gasteiger partial charge in [-0.15, -0.1) is 0 Å². The predicted molar refractivity (Wildman–Crippen MR) is 329 cm³/mol. The van der Waals surface area contributed by atoms with E-state index in [9.17, 15) is 0 Å². The highest BCUT2D eigenvalue weighted by Gasteiger charge is 2.51. The quantitative estimate of drug-likeness (QED) is 0.162. The van der Waals surface area contributed by atoms with E-state index in [1.165, 1.54) is 27.5 Å². The second-order valence-corrected chi connectivity index (χ2v) is 24.0. The first-order chi connectivity index (χ1) is 39.7. The van der Waals surface area contributed by atoms with E-state index in [-0.39, 0.29) is 24.3 Å². The first-order valence-corrected chi connectivity index (χ1v) is 28.1. The van der Waals surface area contributed by atoms with E-state index in [2.05, 4.69) is 192 Å². The zero-order chi connectivity index (χ0) is 53.4. The number of anilines is 6. The Morgan fingerprint density at radius 3 is 1.74 bits per heavy atom. The number of hydrogen-bond acceptors (Lipinski definition) is 8. The number of aromatic nitrogens is 6. The van der Waals surface area contributed by atoms with Crippen molar-refractivity contribution in [2.75, 3.05) is 9.80 Å². The van der Waals surface area contributed by atoms with Gasteiger partial charge in [-0.25, -0.2) is 19.9 Å². The lowest BCUT2D eigenvalue weighted by Crippen LogP contribution is -2.64. The minimum absolute atomic E-state index is 0.0612. The van der Waals surface area contributed by atoms with Crippen molar-refractivity contribution in [1.82, 2.24) is 28.9 Å². The van der Waals surface area contributed by atoms with Gasteiger partial charge in [-0.3, -0.25) is 8.97 Å². The van der Waals surface area contributed by atoms with Crippen molar-refractivity contribution < 1.29 is 9.47 Å². The van der Waals surface area contributed by atoms with Gasteiger partial charge in [0.15, 0.2) is 0 Å². The molecular weight excluding hydrogens is 994 g/mol. The van der Waals surface area contributed by atoms with Crippen LogP contribution in [0, 0.1) is 0 Å². The maximum absolute atomic E-state index is 7.73. The van der Waals surface area contributed by atoms with Crippen LogP contribution in [0.25, 0.3) is 66.1 Å². The monoisotopic (exact) mass is 1040 g/mol. The van der Waals surface area contributed by atoms with E-state index < -0.39 is 0 Å². The maximum atomic E-state index is 7.73. The van der Waals surface area contributed by atoms with Gasteiger partial charge in [-0.05, 0) is 158 Å². The summed E-state index contributed by atoms with van der Waals surface area (Å²) in [5, 5.41) is 6.30. The van der Waals surface area contributed by atoms with Gasteiger partial charge in [0.1, 0.15) is 45.8 Å². The number of nitrogens with zero attached hydrogens (tertiary/aromatic N) is 8. The van der Waals surface area contributed by atoms with Crippen LogP contribution in [0.1, 0.15) is 45.2 Å². The molecular formula is C69H46B2N8O2. The van der Waals surface area contributed by atoms with Crippen LogP contribution in [0.2, 0.25) is 0 Å². The molecule has 380 valence electrons. The molecule has 81 heavy (non-hydrogen) atoms. The lowest BCUT2D eigenvalue weighted by Gasteiger charge is -2.44. The zero-order valence-electron chi connectivity index (χ0n) is 44.7. The van der Waals surface area contributed by atoms with Crippen molar-refractivity contribution in [2.24, 2.45) is 0 Å². The second kappa shape index (κ2) is 15.0. The lowest BCUT2D eigenvalue weighted by molar-refractivity contribution is 0.402. The van der Waals surface area contributed by atoms with E-state index in [0.717, 1.165) is 146 Å². The van der Waals surface area contributed by atoms with Crippen LogP contribution >= 0.6 is 0 Å². The fourth-order valence-electron chi connectivity index (χ4n) is 15.9. The van der Waals surface area contributed by atoms with Crippen LogP contribution < -0.4 is 52.1 Å². The highest BCUT2D eigenvalue weighted by atomic mass is 16.5. The number of para-hydroxylation sites is 3. The van der Waals surface area contributed by atoms with Crippen molar-refractivity contribution in [3.8, 4) is 28.8 Å². The number of hydrogen-bond donors (Lipinski definition) is 0. The highest BCUT2D eigenvalue weighted by molar-refractivity contribution is 7.02. The molecule has 10 nitrogen and oxygen atoms in total. The standard InChI is InChI=1S/C69H46B2N8O2/c1-68(2)37-69(3,4)44-33-54-48(32-43(44)68)71-46-34-47-50(35-49(46)76(38-18-7-5-8-19-38)52-36-51-56(63(81-54)59(52)71)40-22-15-29-73-65(40)78(51)55-27-13-14-28-72-55)77(39-20-9-6-10-21-39)62-57-41-23-16-30-74-66(41)79-61(57)58(42-24-17-31-75-67(42)79)64-60(62)70(47)45-25-11-12-26-53(45)80-64/h5-36H,37H2,1-4H3. The lowest BCUT2D eigenvalue weighted by atomic mass is 9.30. The van der Waals surface area contributed by atoms with Gasteiger partial charge in [0.05, 0.1) is 27.5 Å². The average molecular weight is 1040 g/mol. The molecule has 4 aliphatic heterocycles. The van der Waals surface area contributed by atoms with Crippen LogP contribution in [0.5, 0.6) is 23.0 Å². The van der Waals surface area contributed by atoms with Crippen molar-refractivity contribution >= 4 is 141 Å². The summed E-state index contributed by atoms with van der Waals surface area (Å²) >= 11 is 0. The number of ether oxygens (including phenoxy) is 2. The summed E-state index contributed by atoms with van der Waals surface area (Å²) in [7, 11) is 0. The highest BCUT2D eigenvalue weighted by Crippen LogP contribution is 2.56. The van der Waals surface area contributed by atoms with Crippen LogP contribution in [-0.4, -0.2) is 42.3 Å². The summed E-state index contributed by atoms with van der Waals surface area (Å²) in [5.74, 6) is 4.24. The summed E-state index contributed by atoms with van der Waals surface area (Å²) in [6, 6.07) is 61.8. The van der Waals surface area contributed by atoms with Crippen molar-refractivity contribution in [3.63, 3.8) is 0 Å². The first-order valence-electron chi connectivity index (χ1n) is 28.1. The van der Waals surface area contributed by atoms with E-state index in [0.29, 0.717) is 0 Å². The van der Waals surface area contributed by atoms with Crippen molar-refractivity contribution in [2.45, 2.75) is 44.9 Å². The molecule has 7 aromatic heterocycles. The summed E-state index contributed by atoms with van der Waals surface area (Å²) in [6.45, 7) is 9.16. The smallest absolute Gasteiger partial charge is 0.256 e. The average Bonchev–Trinajstić information content (AvgIpc) is 2.63. The molecule has 0 saturated heterocycles. The Balaban J connectivity index is 1.00. The Morgan fingerprint density at radius 2 is 1.02 bits per heavy atom. The van der Waals surface area contributed by atoms with Crippen molar-refractivity contribution in [3.05, 3.63) is 206 Å². The molecule has 0 bridgehead atoms. The number of benzene rings is 7. The van der Waals surface area contributed by atoms with Gasteiger partial charge >= 0.3 is 0 Å². The number of pyridine rings is 4. The minimum atomic E-state index is -0.235. The topological polar surface area (TPSA) is 85.8 Å². The molecule has 0 fully saturated rings.